The number of esters is 1. The number of carbonyl (C=O) groups excluding carboxylic acids is 1. The van der Waals surface area contributed by atoms with Crippen LogP contribution in [0.25, 0.3) is 27.5 Å². The maximum atomic E-state index is 13.0. The number of rotatable bonds is 6. The van der Waals surface area contributed by atoms with E-state index in [1.165, 1.54) is 18.4 Å². The van der Waals surface area contributed by atoms with Crippen molar-refractivity contribution in [2.45, 2.75) is 44.1 Å². The van der Waals surface area contributed by atoms with Crippen molar-refractivity contribution in [1.82, 2.24) is 19.7 Å². The number of aromatic nitrogens is 4. The molecule has 3 aromatic heterocycles. The van der Waals surface area contributed by atoms with Gasteiger partial charge in [-0.1, -0.05) is 55.5 Å². The third-order valence-electron chi connectivity index (χ3n) is 4.97. The largest absolute Gasteiger partial charge is 0.464 e. The molecule has 0 unspecified atom stereocenters. The Morgan fingerprint density at radius 2 is 1.70 bits per heavy atom. The molecule has 1 aromatic carbocycles. The predicted molar refractivity (Wildman–Crippen MR) is 134 cm³/mol. The van der Waals surface area contributed by atoms with Crippen molar-refractivity contribution < 1.29 is 9.53 Å². The van der Waals surface area contributed by atoms with Crippen LogP contribution in [0.4, 0.5) is 0 Å². The number of carbonyl (C=O) groups is 1. The van der Waals surface area contributed by atoms with Crippen LogP contribution in [0.5, 0.6) is 0 Å². The second kappa shape index (κ2) is 9.49. The third kappa shape index (κ3) is 4.72. The van der Waals surface area contributed by atoms with E-state index in [0.29, 0.717) is 16.1 Å². The van der Waals surface area contributed by atoms with Gasteiger partial charge in [-0.3, -0.25) is 4.98 Å². The standard InChI is InChI=1S/C25H26N4O2S2/c1-14(2)32-24-21(18-10-8-7-9-11-18)27-25(33-24)29-22(23(30)31-6)20(17(5)28-29)19-12-15(3)26-16(4)13-19/h7-14H,1-6H3. The lowest BCUT2D eigenvalue weighted by Gasteiger charge is -2.08. The second-order valence-corrected chi connectivity index (χ2v) is 10.8. The van der Waals surface area contributed by atoms with Crippen molar-refractivity contribution in [3.05, 3.63) is 65.2 Å². The SMILES string of the molecule is COC(=O)c1c(-c2cc(C)nc(C)c2)c(C)nn1-c1nc(-c2ccccc2)c(SC(C)C)s1. The molecule has 0 atom stereocenters. The Kier molecular flexibility index (Phi) is 6.67. The molecule has 0 aliphatic carbocycles. The van der Waals surface area contributed by atoms with E-state index in [1.807, 2.05) is 63.2 Å². The summed E-state index contributed by atoms with van der Waals surface area (Å²) >= 11 is 3.29. The number of aryl methyl sites for hydroxylation is 3. The Balaban J connectivity index is 1.94. The van der Waals surface area contributed by atoms with E-state index < -0.39 is 5.97 Å². The maximum absolute atomic E-state index is 13.0. The molecule has 0 aliphatic heterocycles. The molecule has 0 aliphatic rings. The molecule has 3 heterocycles. The molecule has 170 valence electrons. The molecular formula is C25H26N4O2S2. The van der Waals surface area contributed by atoms with Gasteiger partial charge in [0, 0.05) is 27.8 Å². The molecule has 0 spiro atoms. The highest BCUT2D eigenvalue weighted by molar-refractivity contribution is 8.01. The molecule has 0 N–H and O–H groups in total. The number of hydrogen-bond acceptors (Lipinski definition) is 7. The van der Waals surface area contributed by atoms with E-state index in [4.69, 9.17) is 14.8 Å². The van der Waals surface area contributed by atoms with E-state index in [0.717, 1.165) is 43.7 Å². The van der Waals surface area contributed by atoms with Crippen LogP contribution in [0.2, 0.25) is 0 Å². The van der Waals surface area contributed by atoms with Crippen molar-refractivity contribution in [3.63, 3.8) is 0 Å². The summed E-state index contributed by atoms with van der Waals surface area (Å²) in [6.07, 6.45) is 0. The van der Waals surface area contributed by atoms with Gasteiger partial charge < -0.3 is 4.74 Å². The molecule has 0 fully saturated rings. The first kappa shape index (κ1) is 23.2. The number of ether oxygens (including phenoxy) is 1. The first-order chi connectivity index (χ1) is 15.8. The molecule has 8 heteroatoms. The fourth-order valence-electron chi connectivity index (χ4n) is 3.73. The molecule has 4 rings (SSSR count). The Labute approximate surface area is 202 Å². The number of hydrogen-bond donors (Lipinski definition) is 0. The van der Waals surface area contributed by atoms with Crippen LogP contribution in [0.15, 0.2) is 46.7 Å². The van der Waals surface area contributed by atoms with Crippen LogP contribution >= 0.6 is 23.1 Å². The van der Waals surface area contributed by atoms with Crippen LogP contribution < -0.4 is 0 Å². The summed E-state index contributed by atoms with van der Waals surface area (Å²) in [4.78, 5) is 22.4. The summed E-state index contributed by atoms with van der Waals surface area (Å²) in [5.41, 5.74) is 6.42. The first-order valence-electron chi connectivity index (χ1n) is 10.6. The lowest BCUT2D eigenvalue weighted by atomic mass is 10.0. The first-order valence-corrected chi connectivity index (χ1v) is 12.3. The van der Waals surface area contributed by atoms with E-state index in [9.17, 15) is 4.79 Å². The van der Waals surface area contributed by atoms with Gasteiger partial charge in [-0.05, 0) is 38.5 Å². The zero-order valence-corrected chi connectivity index (χ0v) is 21.2. The van der Waals surface area contributed by atoms with Crippen molar-refractivity contribution in [1.29, 1.82) is 0 Å². The molecule has 33 heavy (non-hydrogen) atoms. The third-order valence-corrected chi connectivity index (χ3v) is 7.21. The van der Waals surface area contributed by atoms with Gasteiger partial charge in [-0.25, -0.2) is 9.78 Å². The highest BCUT2D eigenvalue weighted by Crippen LogP contribution is 2.41. The van der Waals surface area contributed by atoms with Crippen molar-refractivity contribution in [2.75, 3.05) is 7.11 Å². The highest BCUT2D eigenvalue weighted by atomic mass is 32.2. The predicted octanol–water partition coefficient (Wildman–Crippen LogP) is 6.27. The summed E-state index contributed by atoms with van der Waals surface area (Å²) in [6, 6.07) is 14.0. The van der Waals surface area contributed by atoms with Crippen molar-refractivity contribution in [3.8, 4) is 27.5 Å². The molecular weight excluding hydrogens is 452 g/mol. The lowest BCUT2D eigenvalue weighted by molar-refractivity contribution is 0.0591. The molecule has 0 saturated heterocycles. The Morgan fingerprint density at radius 3 is 2.30 bits per heavy atom. The number of thioether (sulfide) groups is 1. The normalized spacial score (nSPS) is 11.2. The van der Waals surface area contributed by atoms with Crippen molar-refractivity contribution in [2.24, 2.45) is 0 Å². The fourth-order valence-corrected chi connectivity index (χ4v) is 6.21. The molecule has 6 nitrogen and oxygen atoms in total. The summed E-state index contributed by atoms with van der Waals surface area (Å²) < 4.78 is 7.90. The van der Waals surface area contributed by atoms with Gasteiger partial charge in [0.1, 0.15) is 0 Å². The number of thiazole rings is 1. The molecule has 0 amide bonds. The van der Waals surface area contributed by atoms with Crippen LogP contribution in [0.3, 0.4) is 0 Å². The average molecular weight is 479 g/mol. The Hall–Kier alpha value is -2.97. The Bertz CT molecular complexity index is 1290. The van der Waals surface area contributed by atoms with Gasteiger partial charge in [0.2, 0.25) is 5.13 Å². The van der Waals surface area contributed by atoms with Crippen LogP contribution in [-0.4, -0.2) is 38.1 Å². The van der Waals surface area contributed by atoms with Crippen LogP contribution in [0.1, 0.15) is 41.4 Å². The minimum absolute atomic E-state index is 0.370. The zero-order valence-electron chi connectivity index (χ0n) is 19.5. The molecule has 0 bridgehead atoms. The second-order valence-electron chi connectivity index (χ2n) is 8.02. The number of benzene rings is 1. The summed E-state index contributed by atoms with van der Waals surface area (Å²) in [6.45, 7) is 10.1. The fraction of sp³-hybridized carbons (Fsp3) is 0.280. The maximum Gasteiger partial charge on any atom is 0.357 e. The van der Waals surface area contributed by atoms with Crippen LogP contribution in [0, 0.1) is 20.8 Å². The highest BCUT2D eigenvalue weighted by Gasteiger charge is 2.27. The van der Waals surface area contributed by atoms with Gasteiger partial charge in [0.05, 0.1) is 22.7 Å². The van der Waals surface area contributed by atoms with Gasteiger partial charge in [0.15, 0.2) is 5.69 Å². The topological polar surface area (TPSA) is 69.9 Å². The smallest absolute Gasteiger partial charge is 0.357 e. The summed E-state index contributed by atoms with van der Waals surface area (Å²) in [7, 11) is 1.39. The van der Waals surface area contributed by atoms with Gasteiger partial charge in [0.25, 0.3) is 0 Å². The van der Waals surface area contributed by atoms with Crippen molar-refractivity contribution >= 4 is 29.1 Å². The summed E-state index contributed by atoms with van der Waals surface area (Å²) in [5, 5.41) is 5.77. The molecule has 0 radical (unpaired) electrons. The minimum Gasteiger partial charge on any atom is -0.464 e. The average Bonchev–Trinajstić information content (AvgIpc) is 3.33. The monoisotopic (exact) mass is 478 g/mol. The zero-order chi connectivity index (χ0) is 23.7. The lowest BCUT2D eigenvalue weighted by Crippen LogP contribution is -2.11. The number of pyridine rings is 1. The van der Waals surface area contributed by atoms with Gasteiger partial charge >= 0.3 is 5.97 Å². The van der Waals surface area contributed by atoms with E-state index in [-0.39, 0.29) is 0 Å². The molecule has 4 aromatic rings. The minimum atomic E-state index is -0.452. The molecule has 0 saturated carbocycles. The van der Waals surface area contributed by atoms with Gasteiger partial charge in [-0.2, -0.15) is 9.78 Å². The van der Waals surface area contributed by atoms with E-state index in [2.05, 4.69) is 18.8 Å². The van der Waals surface area contributed by atoms with E-state index in [1.54, 1.807) is 16.4 Å². The summed E-state index contributed by atoms with van der Waals surface area (Å²) in [5.74, 6) is -0.452. The number of nitrogens with zero attached hydrogens (tertiary/aromatic N) is 4. The Morgan fingerprint density at radius 1 is 1.03 bits per heavy atom. The van der Waals surface area contributed by atoms with Gasteiger partial charge in [-0.15, -0.1) is 11.8 Å². The number of methoxy groups -OCH3 is 1. The quantitative estimate of drug-likeness (QED) is 0.240. The van der Waals surface area contributed by atoms with Crippen LogP contribution in [-0.2, 0) is 4.74 Å². The van der Waals surface area contributed by atoms with E-state index >= 15 is 0 Å².